The van der Waals surface area contributed by atoms with Gasteiger partial charge in [-0.25, -0.2) is 9.59 Å². The van der Waals surface area contributed by atoms with Crippen LogP contribution in [0.3, 0.4) is 0 Å². The molecule has 0 atom stereocenters. The maximum Gasteiger partial charge on any atom is 0.388 e. The van der Waals surface area contributed by atoms with E-state index >= 15 is 0 Å². The molecule has 0 saturated carbocycles. The minimum Gasteiger partial charge on any atom is -0.330 e. The van der Waals surface area contributed by atoms with Crippen molar-refractivity contribution in [3.05, 3.63) is 12.2 Å². The highest BCUT2D eigenvalue weighted by Crippen LogP contribution is 2.08. The predicted octanol–water partition coefficient (Wildman–Crippen LogP) is -0.0203. The zero-order valence-corrected chi connectivity index (χ0v) is 11.9. The fourth-order valence-electron chi connectivity index (χ4n) is 1.33. The van der Waals surface area contributed by atoms with Crippen molar-refractivity contribution in [1.29, 1.82) is 0 Å². The fourth-order valence-corrected chi connectivity index (χ4v) is 1.46. The van der Waals surface area contributed by atoms with E-state index in [1.165, 1.54) is 7.05 Å². The Kier molecular flexibility index (Phi) is 5.91. The molecule has 3 amide bonds. The van der Waals surface area contributed by atoms with Crippen LogP contribution in [0.15, 0.2) is 12.2 Å². The van der Waals surface area contributed by atoms with Crippen molar-refractivity contribution < 1.29 is 33.6 Å². The van der Waals surface area contributed by atoms with Crippen molar-refractivity contribution in [1.82, 2.24) is 10.1 Å². The number of hydrogen-bond donors (Lipinski definition) is 1. The van der Waals surface area contributed by atoms with Gasteiger partial charge in [-0.15, -0.1) is 0 Å². The van der Waals surface area contributed by atoms with Crippen LogP contribution >= 0.6 is 12.6 Å². The molecule has 0 fully saturated rings. The average Bonchev–Trinajstić information content (AvgIpc) is 2.69. The van der Waals surface area contributed by atoms with Crippen molar-refractivity contribution in [3.63, 3.8) is 0 Å². The number of hydrogen-bond acceptors (Lipinski definition) is 7. The van der Waals surface area contributed by atoms with Crippen molar-refractivity contribution >= 4 is 41.6 Å². The maximum atomic E-state index is 11.4. The molecule has 1 rings (SSSR count). The van der Waals surface area contributed by atoms with E-state index in [4.69, 9.17) is 0 Å². The molecule has 0 aliphatic carbocycles. The molecule has 114 valence electrons. The summed E-state index contributed by atoms with van der Waals surface area (Å²) in [6.45, 7) is 0. The fraction of sp³-hybridized carbons (Fsp3) is 0.364. The lowest BCUT2D eigenvalue weighted by Gasteiger charge is -2.14. The van der Waals surface area contributed by atoms with E-state index < -0.39 is 29.0 Å². The van der Waals surface area contributed by atoms with Crippen LogP contribution in [0.4, 0.5) is 4.79 Å². The van der Waals surface area contributed by atoms with Gasteiger partial charge in [0.15, 0.2) is 0 Å². The van der Waals surface area contributed by atoms with Gasteiger partial charge in [-0.3, -0.25) is 14.4 Å². The summed E-state index contributed by atoms with van der Waals surface area (Å²) in [5.74, 6) is -2.86. The van der Waals surface area contributed by atoms with Crippen molar-refractivity contribution in [2.75, 3.05) is 7.05 Å². The number of thiol groups is 1. The molecule has 0 saturated heterocycles. The Morgan fingerprint density at radius 1 is 1.19 bits per heavy atom. The summed E-state index contributed by atoms with van der Waals surface area (Å²) >= 11 is 3.33. The van der Waals surface area contributed by atoms with Crippen LogP contribution in [0.5, 0.6) is 0 Å². The van der Waals surface area contributed by atoms with Crippen LogP contribution in [0, 0.1) is 0 Å². The summed E-state index contributed by atoms with van der Waals surface area (Å²) in [6, 6.07) is 0. The molecule has 0 aromatic heterocycles. The van der Waals surface area contributed by atoms with Gasteiger partial charge in [0.25, 0.3) is 17.7 Å². The molecule has 10 heteroatoms. The molecule has 0 spiro atoms. The summed E-state index contributed by atoms with van der Waals surface area (Å²) in [7, 11) is 1.22. The van der Waals surface area contributed by atoms with Gasteiger partial charge in [-0.05, 0) is 6.42 Å². The van der Waals surface area contributed by atoms with Gasteiger partial charge in [0.05, 0.1) is 0 Å². The summed E-state index contributed by atoms with van der Waals surface area (Å²) in [4.78, 5) is 64.5. The Morgan fingerprint density at radius 3 is 2.29 bits per heavy atom. The lowest BCUT2D eigenvalue weighted by atomic mass is 10.2. The molecule has 1 aliphatic rings. The Labute approximate surface area is 124 Å². The Balaban J connectivity index is 2.28. The standard InChI is InChI=1S/C11H12N2O7S/c1-12(20-11(18)21)7(14)3-2-4-10(17)19-13-8(15)5-6-9(13)16/h5-6H,2-4H2,1H3,(H,18,21). The Hall–Kier alpha value is -2.36. The first kappa shape index (κ1) is 16.7. The van der Waals surface area contributed by atoms with Gasteiger partial charge < -0.3 is 9.68 Å². The minimum absolute atomic E-state index is 0.0905. The van der Waals surface area contributed by atoms with Crippen LogP contribution in [0.2, 0.25) is 0 Å². The summed E-state index contributed by atoms with van der Waals surface area (Å²) in [6.07, 6.45) is 1.76. The van der Waals surface area contributed by atoms with Crippen LogP contribution < -0.4 is 0 Å². The second kappa shape index (κ2) is 7.43. The van der Waals surface area contributed by atoms with E-state index in [1.807, 2.05) is 0 Å². The topological polar surface area (TPSA) is 110 Å². The van der Waals surface area contributed by atoms with Gasteiger partial charge in [-0.2, -0.15) is 5.06 Å². The Morgan fingerprint density at radius 2 is 1.76 bits per heavy atom. The van der Waals surface area contributed by atoms with Crippen LogP contribution in [0.1, 0.15) is 19.3 Å². The molecule has 1 heterocycles. The molecule has 1 aliphatic heterocycles. The zero-order chi connectivity index (χ0) is 16.0. The van der Waals surface area contributed by atoms with Crippen molar-refractivity contribution in [3.8, 4) is 0 Å². The highest BCUT2D eigenvalue weighted by atomic mass is 32.1. The van der Waals surface area contributed by atoms with Gasteiger partial charge >= 0.3 is 11.3 Å². The van der Waals surface area contributed by atoms with E-state index in [0.29, 0.717) is 10.1 Å². The molecule has 0 unspecified atom stereocenters. The number of rotatable bonds is 5. The smallest absolute Gasteiger partial charge is 0.330 e. The number of amides is 3. The average molecular weight is 316 g/mol. The number of carbonyl (C=O) groups is 5. The van der Waals surface area contributed by atoms with E-state index in [1.54, 1.807) is 0 Å². The lowest BCUT2D eigenvalue weighted by Crippen LogP contribution is -2.33. The minimum atomic E-state index is -0.941. The first-order valence-electron chi connectivity index (χ1n) is 5.75. The second-order valence-electron chi connectivity index (χ2n) is 3.87. The van der Waals surface area contributed by atoms with Gasteiger partial charge in [0, 0.05) is 32.0 Å². The third-order valence-corrected chi connectivity index (χ3v) is 2.38. The molecular formula is C11H12N2O7S. The monoisotopic (exact) mass is 316 g/mol. The van der Waals surface area contributed by atoms with Crippen LogP contribution in [0.25, 0.3) is 0 Å². The summed E-state index contributed by atoms with van der Waals surface area (Å²) in [5.41, 5.74) is 0. The number of imide groups is 1. The van der Waals surface area contributed by atoms with Gasteiger partial charge in [-0.1, -0.05) is 17.7 Å². The molecule has 21 heavy (non-hydrogen) atoms. The molecule has 0 aromatic rings. The molecular weight excluding hydrogens is 304 g/mol. The number of hydroxylamine groups is 4. The first-order chi connectivity index (χ1) is 9.81. The highest BCUT2D eigenvalue weighted by molar-refractivity contribution is 7.96. The third kappa shape index (κ3) is 5.26. The zero-order valence-electron chi connectivity index (χ0n) is 11.0. The number of nitrogens with zero attached hydrogens (tertiary/aromatic N) is 2. The molecule has 0 bridgehead atoms. The van der Waals surface area contributed by atoms with Crippen molar-refractivity contribution in [2.45, 2.75) is 19.3 Å². The SMILES string of the molecule is CN(OC(=O)S)C(=O)CCCC(=O)ON1C(=O)C=CC1=O. The largest absolute Gasteiger partial charge is 0.388 e. The van der Waals surface area contributed by atoms with E-state index in [0.717, 1.165) is 12.2 Å². The van der Waals surface area contributed by atoms with E-state index in [-0.39, 0.29) is 19.3 Å². The third-order valence-electron chi connectivity index (χ3n) is 2.30. The number of carbonyl (C=O) groups excluding carboxylic acids is 5. The maximum absolute atomic E-state index is 11.4. The van der Waals surface area contributed by atoms with Gasteiger partial charge in [0.2, 0.25) is 0 Å². The normalized spacial score (nSPS) is 13.3. The van der Waals surface area contributed by atoms with Crippen LogP contribution in [-0.4, -0.2) is 46.2 Å². The van der Waals surface area contributed by atoms with Crippen molar-refractivity contribution in [2.24, 2.45) is 0 Å². The molecule has 0 aromatic carbocycles. The second-order valence-corrected chi connectivity index (χ2v) is 4.23. The predicted molar refractivity (Wildman–Crippen MR) is 69.2 cm³/mol. The quantitative estimate of drug-likeness (QED) is 0.431. The first-order valence-corrected chi connectivity index (χ1v) is 6.20. The molecule has 9 nitrogen and oxygen atoms in total. The Bertz CT molecular complexity index is 499. The van der Waals surface area contributed by atoms with Gasteiger partial charge in [0.1, 0.15) is 0 Å². The molecule has 0 N–H and O–H groups in total. The van der Waals surface area contributed by atoms with Crippen LogP contribution in [-0.2, 0) is 28.9 Å². The highest BCUT2D eigenvalue weighted by Gasteiger charge is 2.27. The lowest BCUT2D eigenvalue weighted by molar-refractivity contribution is -0.196. The summed E-state index contributed by atoms with van der Waals surface area (Å²) < 4.78 is 0. The van der Waals surface area contributed by atoms with E-state index in [9.17, 15) is 24.0 Å². The molecule has 0 radical (unpaired) electrons. The van der Waals surface area contributed by atoms with E-state index in [2.05, 4.69) is 22.3 Å². The summed E-state index contributed by atoms with van der Waals surface area (Å²) in [5, 5.41) is 0.0840.